The smallest absolute Gasteiger partial charge is 0.126 e. The number of rotatable bonds is 5. The monoisotopic (exact) mass is 265 g/mol. The van der Waals surface area contributed by atoms with E-state index in [4.69, 9.17) is 4.74 Å². The predicted octanol–water partition coefficient (Wildman–Crippen LogP) is 3.48. The number of hydrogen-bond donors (Lipinski definition) is 1. The number of ether oxygens (including phenoxy) is 1. The minimum absolute atomic E-state index is 0.0237. The number of likely N-dealkylation sites (N-methyl/N-ethyl adjacent to an activating group) is 1. The summed E-state index contributed by atoms with van der Waals surface area (Å²) in [6.45, 7) is 5.04. The zero-order valence-electron chi connectivity index (χ0n) is 12.1. The summed E-state index contributed by atoms with van der Waals surface area (Å²) in [6.07, 6.45) is 3.28. The summed E-state index contributed by atoms with van der Waals surface area (Å²) in [5.41, 5.74) is 0.773. The Balaban J connectivity index is 2.07. The third kappa shape index (κ3) is 3.77. The van der Waals surface area contributed by atoms with E-state index in [2.05, 4.69) is 19.2 Å². The van der Waals surface area contributed by atoms with Crippen molar-refractivity contribution in [3.05, 3.63) is 35.6 Å². The third-order valence-electron chi connectivity index (χ3n) is 3.90. The van der Waals surface area contributed by atoms with E-state index in [9.17, 15) is 4.39 Å². The van der Waals surface area contributed by atoms with Crippen molar-refractivity contribution < 1.29 is 9.13 Å². The van der Waals surface area contributed by atoms with Gasteiger partial charge in [0.1, 0.15) is 5.82 Å². The highest BCUT2D eigenvalue weighted by Crippen LogP contribution is 2.35. The third-order valence-corrected chi connectivity index (χ3v) is 3.90. The summed E-state index contributed by atoms with van der Waals surface area (Å²) in [6, 6.07) is 7.07. The van der Waals surface area contributed by atoms with Crippen LogP contribution in [0.25, 0.3) is 0 Å². The highest BCUT2D eigenvalue weighted by Gasteiger charge is 2.33. The van der Waals surface area contributed by atoms with Crippen molar-refractivity contribution in [2.24, 2.45) is 0 Å². The van der Waals surface area contributed by atoms with Gasteiger partial charge < -0.3 is 10.1 Å². The fourth-order valence-corrected chi connectivity index (χ4v) is 2.93. The first kappa shape index (κ1) is 14.5. The zero-order chi connectivity index (χ0) is 13.9. The van der Waals surface area contributed by atoms with Crippen LogP contribution in [0.1, 0.15) is 44.6 Å². The highest BCUT2D eigenvalue weighted by molar-refractivity contribution is 5.22. The van der Waals surface area contributed by atoms with Crippen LogP contribution >= 0.6 is 0 Å². The molecule has 1 N–H and O–H groups in total. The van der Waals surface area contributed by atoms with E-state index in [1.807, 2.05) is 19.2 Å². The van der Waals surface area contributed by atoms with Crippen LogP contribution < -0.4 is 5.32 Å². The van der Waals surface area contributed by atoms with Gasteiger partial charge in [0, 0.05) is 12.5 Å². The van der Waals surface area contributed by atoms with Crippen molar-refractivity contribution in [2.75, 3.05) is 13.6 Å². The van der Waals surface area contributed by atoms with E-state index in [-0.39, 0.29) is 23.4 Å². The summed E-state index contributed by atoms with van der Waals surface area (Å²) in [5.74, 6) is 0.0603. The van der Waals surface area contributed by atoms with E-state index >= 15 is 0 Å². The van der Waals surface area contributed by atoms with Crippen molar-refractivity contribution in [2.45, 2.75) is 50.7 Å². The lowest BCUT2D eigenvalue weighted by Crippen LogP contribution is -2.25. The van der Waals surface area contributed by atoms with E-state index in [1.165, 1.54) is 6.07 Å². The Morgan fingerprint density at radius 1 is 1.42 bits per heavy atom. The van der Waals surface area contributed by atoms with Crippen LogP contribution in [0.15, 0.2) is 24.3 Å². The summed E-state index contributed by atoms with van der Waals surface area (Å²) in [7, 11) is 1.91. The zero-order valence-corrected chi connectivity index (χ0v) is 12.1. The molecular formula is C16H24FNO. The lowest BCUT2D eigenvalue weighted by molar-refractivity contribution is -0.0209. The number of hydrogen-bond acceptors (Lipinski definition) is 2. The first-order valence-electron chi connectivity index (χ1n) is 7.08. The Labute approximate surface area is 115 Å². The van der Waals surface area contributed by atoms with E-state index in [1.54, 1.807) is 6.07 Å². The molecule has 0 aliphatic carbocycles. The topological polar surface area (TPSA) is 21.3 Å². The standard InChI is InChI=1S/C16H24FNO/c1-16(2)9-8-13(19-16)10-12(11-18-3)14-6-4-5-7-15(14)17/h4-7,12-13,18H,8-11H2,1-3H3. The molecule has 1 aromatic carbocycles. The molecule has 1 aliphatic rings. The molecule has 19 heavy (non-hydrogen) atoms. The molecule has 0 bridgehead atoms. The average Bonchev–Trinajstić information content (AvgIpc) is 2.69. The first-order chi connectivity index (χ1) is 9.02. The Morgan fingerprint density at radius 3 is 2.74 bits per heavy atom. The molecule has 2 nitrogen and oxygen atoms in total. The Hall–Kier alpha value is -0.930. The van der Waals surface area contributed by atoms with Crippen LogP contribution in [0.5, 0.6) is 0 Å². The molecule has 0 aromatic heterocycles. The van der Waals surface area contributed by atoms with Gasteiger partial charge in [-0.15, -0.1) is 0 Å². The molecule has 1 saturated heterocycles. The van der Waals surface area contributed by atoms with E-state index < -0.39 is 0 Å². The summed E-state index contributed by atoms with van der Waals surface area (Å²) in [4.78, 5) is 0. The van der Waals surface area contributed by atoms with Crippen molar-refractivity contribution in [1.29, 1.82) is 0 Å². The molecule has 1 fully saturated rings. The summed E-state index contributed by atoms with van der Waals surface area (Å²) < 4.78 is 20.0. The van der Waals surface area contributed by atoms with Crippen LogP contribution in [0, 0.1) is 5.82 Å². The summed E-state index contributed by atoms with van der Waals surface area (Å²) >= 11 is 0. The van der Waals surface area contributed by atoms with Gasteiger partial charge in [-0.05, 0) is 51.8 Å². The van der Waals surface area contributed by atoms with E-state index in [0.29, 0.717) is 0 Å². The largest absolute Gasteiger partial charge is 0.372 e. The minimum atomic E-state index is -0.111. The maximum atomic E-state index is 13.9. The van der Waals surface area contributed by atoms with Gasteiger partial charge in [0.05, 0.1) is 11.7 Å². The van der Waals surface area contributed by atoms with Gasteiger partial charge in [-0.1, -0.05) is 18.2 Å². The van der Waals surface area contributed by atoms with Crippen molar-refractivity contribution in [3.8, 4) is 0 Å². The van der Waals surface area contributed by atoms with Crippen LogP contribution in [-0.2, 0) is 4.74 Å². The quantitative estimate of drug-likeness (QED) is 0.880. The first-order valence-corrected chi connectivity index (χ1v) is 7.08. The van der Waals surface area contributed by atoms with Gasteiger partial charge in [-0.25, -0.2) is 4.39 Å². The second kappa shape index (κ2) is 6.02. The molecule has 2 atom stereocenters. The number of benzene rings is 1. The van der Waals surface area contributed by atoms with Crippen LogP contribution in [0.2, 0.25) is 0 Å². The molecule has 0 radical (unpaired) electrons. The Bertz CT molecular complexity index is 419. The maximum Gasteiger partial charge on any atom is 0.126 e. The molecule has 0 amide bonds. The van der Waals surface area contributed by atoms with Crippen molar-refractivity contribution in [1.82, 2.24) is 5.32 Å². The molecular weight excluding hydrogens is 241 g/mol. The second-order valence-corrected chi connectivity index (χ2v) is 6.05. The lowest BCUT2D eigenvalue weighted by Gasteiger charge is -2.24. The van der Waals surface area contributed by atoms with Gasteiger partial charge in [-0.2, -0.15) is 0 Å². The predicted molar refractivity (Wildman–Crippen MR) is 75.9 cm³/mol. The minimum Gasteiger partial charge on any atom is -0.372 e. The highest BCUT2D eigenvalue weighted by atomic mass is 19.1. The van der Waals surface area contributed by atoms with Gasteiger partial charge in [0.25, 0.3) is 0 Å². The second-order valence-electron chi connectivity index (χ2n) is 6.05. The molecule has 2 rings (SSSR count). The fraction of sp³-hybridized carbons (Fsp3) is 0.625. The van der Waals surface area contributed by atoms with Crippen LogP contribution in [0.3, 0.4) is 0 Å². The molecule has 3 heteroatoms. The molecule has 106 valence electrons. The van der Waals surface area contributed by atoms with Crippen molar-refractivity contribution in [3.63, 3.8) is 0 Å². The SMILES string of the molecule is CNCC(CC1CCC(C)(C)O1)c1ccccc1F. The van der Waals surface area contributed by atoms with Gasteiger partial charge in [-0.3, -0.25) is 0 Å². The molecule has 1 heterocycles. The Morgan fingerprint density at radius 2 is 2.16 bits per heavy atom. The molecule has 1 aliphatic heterocycles. The molecule has 2 unspecified atom stereocenters. The van der Waals surface area contributed by atoms with Crippen molar-refractivity contribution >= 4 is 0 Å². The van der Waals surface area contributed by atoms with Gasteiger partial charge in [0.2, 0.25) is 0 Å². The van der Waals surface area contributed by atoms with Crippen LogP contribution in [-0.4, -0.2) is 25.3 Å². The Kier molecular flexibility index (Phi) is 4.58. The normalized spacial score (nSPS) is 23.5. The van der Waals surface area contributed by atoms with Gasteiger partial charge >= 0.3 is 0 Å². The lowest BCUT2D eigenvalue weighted by atomic mass is 9.91. The van der Waals surface area contributed by atoms with E-state index in [0.717, 1.165) is 31.4 Å². The molecule has 0 spiro atoms. The summed E-state index contributed by atoms with van der Waals surface area (Å²) in [5, 5.41) is 3.17. The fourth-order valence-electron chi connectivity index (χ4n) is 2.93. The van der Waals surface area contributed by atoms with Gasteiger partial charge in [0.15, 0.2) is 0 Å². The number of halogens is 1. The number of nitrogens with one attached hydrogen (secondary N) is 1. The molecule has 0 saturated carbocycles. The maximum absolute atomic E-state index is 13.9. The average molecular weight is 265 g/mol. The molecule has 1 aromatic rings. The van der Waals surface area contributed by atoms with Crippen LogP contribution in [0.4, 0.5) is 4.39 Å².